The molecule has 0 spiro atoms. The van der Waals surface area contributed by atoms with Gasteiger partial charge in [0.15, 0.2) is 0 Å². The largest absolute Gasteiger partial charge is 0.328 e. The lowest BCUT2D eigenvalue weighted by molar-refractivity contribution is 0.670. The summed E-state index contributed by atoms with van der Waals surface area (Å²) in [5.74, 6) is 0. The fourth-order valence-corrected chi connectivity index (χ4v) is 2.47. The number of rotatable bonds is 2. The first kappa shape index (κ1) is 11.8. The number of aryl methyl sites for hydroxylation is 1. The molecule has 90 valence electrons. The molecule has 2 heterocycles. The smallest absolute Gasteiger partial charge is 0.298 e. The Bertz CT molecular complexity index is 666. The van der Waals surface area contributed by atoms with Gasteiger partial charge >= 0.3 is 5.69 Å². The van der Waals surface area contributed by atoms with E-state index in [-0.39, 0.29) is 11.2 Å². The van der Waals surface area contributed by atoms with Crippen molar-refractivity contribution in [2.45, 2.75) is 27.3 Å². The average molecular weight is 251 g/mol. The van der Waals surface area contributed by atoms with Gasteiger partial charge in [-0.1, -0.05) is 0 Å². The van der Waals surface area contributed by atoms with Gasteiger partial charge in [0.05, 0.1) is 16.8 Å². The minimum atomic E-state index is -0.369. The first-order valence-electron chi connectivity index (χ1n) is 5.30. The molecule has 0 radical (unpaired) electrons. The first-order valence-corrected chi connectivity index (χ1v) is 6.18. The summed E-state index contributed by atoms with van der Waals surface area (Å²) in [5.41, 5.74) is 2.78. The van der Waals surface area contributed by atoms with Crippen LogP contribution in [0.5, 0.6) is 0 Å². The lowest BCUT2D eigenvalue weighted by Crippen LogP contribution is -2.32. The van der Waals surface area contributed by atoms with Crippen molar-refractivity contribution in [1.82, 2.24) is 14.5 Å². The highest BCUT2D eigenvalue weighted by atomic mass is 32.1. The minimum Gasteiger partial charge on any atom is -0.298 e. The molecule has 0 unspecified atom stereocenters. The van der Waals surface area contributed by atoms with Crippen LogP contribution in [0.2, 0.25) is 0 Å². The number of nitrogens with zero attached hydrogens (tertiary/aromatic N) is 2. The van der Waals surface area contributed by atoms with Gasteiger partial charge < -0.3 is 0 Å². The van der Waals surface area contributed by atoms with Crippen molar-refractivity contribution in [3.63, 3.8) is 0 Å². The van der Waals surface area contributed by atoms with Gasteiger partial charge in [-0.3, -0.25) is 14.3 Å². The summed E-state index contributed by atoms with van der Waals surface area (Å²) in [6, 6.07) is 0. The van der Waals surface area contributed by atoms with Gasteiger partial charge in [-0.25, -0.2) is 9.78 Å². The number of H-pyrrole nitrogens is 1. The lowest BCUT2D eigenvalue weighted by Gasteiger charge is -2.10. The minimum absolute atomic E-state index is 0.369. The number of nitrogens with one attached hydrogen (secondary N) is 1. The Balaban J connectivity index is 2.84. The summed E-state index contributed by atoms with van der Waals surface area (Å²) >= 11 is 1.48. The summed E-state index contributed by atoms with van der Waals surface area (Å²) < 4.78 is 1.54. The molecule has 1 N–H and O–H groups in total. The summed E-state index contributed by atoms with van der Waals surface area (Å²) in [6.45, 7) is 6.07. The molecule has 2 rings (SSSR count). The van der Waals surface area contributed by atoms with E-state index in [0.29, 0.717) is 23.5 Å². The van der Waals surface area contributed by atoms with Gasteiger partial charge in [-0.15, -0.1) is 11.3 Å². The third-order valence-corrected chi connectivity index (χ3v) is 3.51. The van der Waals surface area contributed by atoms with Gasteiger partial charge in [-0.2, -0.15) is 0 Å². The van der Waals surface area contributed by atoms with Crippen molar-refractivity contribution in [3.8, 4) is 11.3 Å². The van der Waals surface area contributed by atoms with Crippen molar-refractivity contribution in [2.24, 2.45) is 0 Å². The van der Waals surface area contributed by atoms with Gasteiger partial charge in [0, 0.05) is 17.1 Å². The normalized spacial score (nSPS) is 10.8. The molecule has 2 aromatic heterocycles. The van der Waals surface area contributed by atoms with Crippen LogP contribution in [0.3, 0.4) is 0 Å². The van der Waals surface area contributed by atoms with E-state index in [4.69, 9.17) is 0 Å². The number of aromatic nitrogens is 3. The zero-order valence-electron chi connectivity index (χ0n) is 9.90. The molecule has 0 aromatic carbocycles. The molecule has 17 heavy (non-hydrogen) atoms. The maximum Gasteiger partial charge on any atom is 0.328 e. The molecular weight excluding hydrogens is 238 g/mol. The van der Waals surface area contributed by atoms with Crippen LogP contribution in [0, 0.1) is 13.8 Å². The van der Waals surface area contributed by atoms with Crippen molar-refractivity contribution >= 4 is 11.3 Å². The molecule has 0 saturated heterocycles. The van der Waals surface area contributed by atoms with Crippen molar-refractivity contribution < 1.29 is 0 Å². The van der Waals surface area contributed by atoms with Crippen LogP contribution < -0.4 is 11.2 Å². The second-order valence-corrected chi connectivity index (χ2v) is 4.78. The molecule has 2 aromatic rings. The molecule has 0 fully saturated rings. The number of thiazole rings is 1. The van der Waals surface area contributed by atoms with Crippen LogP contribution in [0.15, 0.2) is 15.1 Å². The average Bonchev–Trinajstić information content (AvgIpc) is 2.65. The Hall–Kier alpha value is -1.69. The number of hydrogen-bond acceptors (Lipinski definition) is 4. The van der Waals surface area contributed by atoms with Crippen LogP contribution in [-0.2, 0) is 6.54 Å². The third kappa shape index (κ3) is 1.84. The molecule has 6 heteroatoms. The number of hydrogen-bond donors (Lipinski definition) is 1. The zero-order chi connectivity index (χ0) is 12.6. The van der Waals surface area contributed by atoms with Gasteiger partial charge in [0.2, 0.25) is 0 Å². The topological polar surface area (TPSA) is 67.8 Å². The maximum atomic E-state index is 11.9. The summed E-state index contributed by atoms with van der Waals surface area (Å²) in [7, 11) is 0. The van der Waals surface area contributed by atoms with E-state index in [9.17, 15) is 9.59 Å². The second kappa shape index (κ2) is 4.29. The highest BCUT2D eigenvalue weighted by Crippen LogP contribution is 2.23. The van der Waals surface area contributed by atoms with Crippen LogP contribution in [0.1, 0.15) is 17.5 Å². The second-order valence-electron chi connectivity index (χ2n) is 3.72. The molecule has 0 aliphatic rings. The summed E-state index contributed by atoms with van der Waals surface area (Å²) in [6.07, 6.45) is 0. The summed E-state index contributed by atoms with van der Waals surface area (Å²) in [4.78, 5) is 31.0. The third-order valence-electron chi connectivity index (χ3n) is 2.76. The maximum absolute atomic E-state index is 11.9. The summed E-state index contributed by atoms with van der Waals surface area (Å²) in [5, 5.41) is 0. The zero-order valence-corrected chi connectivity index (χ0v) is 10.7. The van der Waals surface area contributed by atoms with E-state index >= 15 is 0 Å². The van der Waals surface area contributed by atoms with Gasteiger partial charge in [0.1, 0.15) is 0 Å². The Morgan fingerprint density at radius 3 is 2.65 bits per heavy atom. The molecule has 0 saturated carbocycles. The van der Waals surface area contributed by atoms with Crippen LogP contribution in [0.25, 0.3) is 11.3 Å². The highest BCUT2D eigenvalue weighted by Gasteiger charge is 2.15. The predicted molar refractivity (Wildman–Crippen MR) is 67.6 cm³/mol. The van der Waals surface area contributed by atoms with E-state index in [1.165, 1.54) is 15.9 Å². The van der Waals surface area contributed by atoms with Gasteiger partial charge in [0.25, 0.3) is 5.56 Å². The van der Waals surface area contributed by atoms with E-state index in [1.54, 1.807) is 12.4 Å². The van der Waals surface area contributed by atoms with E-state index < -0.39 is 0 Å². The number of aromatic amines is 1. The van der Waals surface area contributed by atoms with Crippen LogP contribution in [-0.4, -0.2) is 14.5 Å². The van der Waals surface area contributed by atoms with Crippen molar-refractivity contribution in [3.05, 3.63) is 36.9 Å². The predicted octanol–water partition coefficient (Wildman–Crippen LogP) is 1.30. The Labute approximate surface area is 102 Å². The SMILES string of the molecule is CCn1c(C)c(-c2ncsc2C)c(=O)[nH]c1=O. The molecule has 0 aliphatic heterocycles. The lowest BCUT2D eigenvalue weighted by atomic mass is 10.1. The molecule has 0 atom stereocenters. The molecular formula is C11H13N3O2S. The quantitative estimate of drug-likeness (QED) is 0.874. The Kier molecular flexibility index (Phi) is 2.97. The molecule has 0 aliphatic carbocycles. The van der Waals surface area contributed by atoms with E-state index in [2.05, 4.69) is 9.97 Å². The van der Waals surface area contributed by atoms with Gasteiger partial charge in [-0.05, 0) is 20.8 Å². The van der Waals surface area contributed by atoms with Crippen molar-refractivity contribution in [1.29, 1.82) is 0 Å². The molecule has 0 amide bonds. The highest BCUT2D eigenvalue weighted by molar-refractivity contribution is 7.10. The van der Waals surface area contributed by atoms with E-state index in [1.807, 2.05) is 13.8 Å². The Morgan fingerprint density at radius 1 is 1.41 bits per heavy atom. The standard InChI is InChI=1S/C11H13N3O2S/c1-4-14-6(2)8(10(15)13-11(14)16)9-7(3)17-5-12-9/h5H,4H2,1-3H3,(H,13,15,16). The van der Waals surface area contributed by atoms with Crippen LogP contribution in [0.4, 0.5) is 0 Å². The monoisotopic (exact) mass is 251 g/mol. The van der Waals surface area contributed by atoms with Crippen molar-refractivity contribution in [2.75, 3.05) is 0 Å². The fraction of sp³-hybridized carbons (Fsp3) is 0.364. The first-order chi connectivity index (χ1) is 8.06. The Morgan fingerprint density at radius 2 is 2.12 bits per heavy atom. The fourth-order valence-electron chi connectivity index (χ4n) is 1.88. The van der Waals surface area contributed by atoms with Crippen LogP contribution >= 0.6 is 11.3 Å². The molecule has 5 nitrogen and oxygen atoms in total. The van der Waals surface area contributed by atoms with E-state index in [0.717, 1.165) is 4.88 Å². The molecule has 0 bridgehead atoms.